The van der Waals surface area contributed by atoms with Crippen molar-refractivity contribution in [1.29, 1.82) is 0 Å². The fourth-order valence-corrected chi connectivity index (χ4v) is 5.23. The summed E-state index contributed by atoms with van der Waals surface area (Å²) in [6.07, 6.45) is 4.06. The maximum atomic E-state index is 12.5. The summed E-state index contributed by atoms with van der Waals surface area (Å²) in [4.78, 5) is 12.5. The van der Waals surface area contributed by atoms with E-state index in [2.05, 4.69) is 15.5 Å². The van der Waals surface area contributed by atoms with Gasteiger partial charge < -0.3 is 0 Å². The third kappa shape index (κ3) is 3.44. The lowest BCUT2D eigenvalue weighted by Gasteiger charge is -2.15. The van der Waals surface area contributed by atoms with Gasteiger partial charge in [-0.25, -0.2) is 8.42 Å². The van der Waals surface area contributed by atoms with Crippen molar-refractivity contribution in [2.75, 3.05) is 18.4 Å². The lowest BCUT2D eigenvalue weighted by Crippen LogP contribution is -2.27. The maximum Gasteiger partial charge on any atom is 0.257 e. The molecule has 1 aliphatic heterocycles. The zero-order valence-electron chi connectivity index (χ0n) is 13.5. The average Bonchev–Trinajstić information content (AvgIpc) is 3.11. The number of hydrogen-bond donors (Lipinski definition) is 1. The lowest BCUT2D eigenvalue weighted by atomic mass is 10.2. The first kappa shape index (κ1) is 16.6. The molecule has 4 rings (SSSR count). The number of anilines is 1. The highest BCUT2D eigenvalue weighted by molar-refractivity contribution is 7.89. The van der Waals surface area contributed by atoms with E-state index in [1.54, 1.807) is 0 Å². The van der Waals surface area contributed by atoms with Crippen molar-refractivity contribution in [3.05, 3.63) is 34.8 Å². The van der Waals surface area contributed by atoms with Gasteiger partial charge in [0.2, 0.25) is 15.2 Å². The molecule has 1 N–H and O–H groups in total. The summed E-state index contributed by atoms with van der Waals surface area (Å²) in [5.74, 6) is 0.182. The molecule has 0 unspecified atom stereocenters. The van der Waals surface area contributed by atoms with Crippen molar-refractivity contribution in [2.24, 2.45) is 0 Å². The molecule has 7 nitrogen and oxygen atoms in total. The fraction of sp³-hybridized carbons (Fsp3) is 0.438. The van der Waals surface area contributed by atoms with Crippen LogP contribution in [0.1, 0.15) is 47.0 Å². The zero-order valence-corrected chi connectivity index (χ0v) is 15.1. The van der Waals surface area contributed by atoms with Gasteiger partial charge in [0.05, 0.1) is 4.90 Å². The van der Waals surface area contributed by atoms with Crippen molar-refractivity contribution in [1.82, 2.24) is 14.5 Å². The molecule has 132 valence electrons. The monoisotopic (exact) mass is 378 g/mol. The molecule has 1 aliphatic carbocycles. The van der Waals surface area contributed by atoms with Gasteiger partial charge in [-0.2, -0.15) is 4.31 Å². The van der Waals surface area contributed by atoms with Crippen LogP contribution >= 0.6 is 11.3 Å². The van der Waals surface area contributed by atoms with Crippen LogP contribution in [0.2, 0.25) is 0 Å². The molecule has 2 heterocycles. The minimum Gasteiger partial charge on any atom is -0.296 e. The lowest BCUT2D eigenvalue weighted by molar-refractivity contribution is 0.102. The Hall–Kier alpha value is -1.84. The fourth-order valence-electron chi connectivity index (χ4n) is 2.81. The van der Waals surface area contributed by atoms with Gasteiger partial charge in [0, 0.05) is 24.6 Å². The van der Waals surface area contributed by atoms with Crippen LogP contribution in [-0.4, -0.2) is 41.9 Å². The van der Waals surface area contributed by atoms with Crippen LogP contribution in [0, 0.1) is 0 Å². The molecule has 1 aromatic heterocycles. The molecule has 25 heavy (non-hydrogen) atoms. The van der Waals surface area contributed by atoms with E-state index in [1.807, 2.05) is 0 Å². The van der Waals surface area contributed by atoms with E-state index >= 15 is 0 Å². The summed E-state index contributed by atoms with van der Waals surface area (Å²) in [7, 11) is -3.46. The van der Waals surface area contributed by atoms with E-state index in [4.69, 9.17) is 0 Å². The summed E-state index contributed by atoms with van der Waals surface area (Å²) in [6, 6.07) is 6.03. The SMILES string of the molecule is O=C(Nc1nnc(C2CC2)s1)c1ccc(S(=O)(=O)N2CCCC2)cc1. The Morgan fingerprint density at radius 1 is 1.12 bits per heavy atom. The third-order valence-electron chi connectivity index (χ3n) is 4.41. The number of hydrogen-bond acceptors (Lipinski definition) is 6. The molecule has 2 aliphatic rings. The Labute approximate surface area is 150 Å². The number of nitrogens with zero attached hydrogens (tertiary/aromatic N) is 3. The van der Waals surface area contributed by atoms with Gasteiger partial charge in [0.15, 0.2) is 0 Å². The first-order chi connectivity index (χ1) is 12.0. The van der Waals surface area contributed by atoms with Gasteiger partial charge in [-0.1, -0.05) is 11.3 Å². The van der Waals surface area contributed by atoms with Crippen LogP contribution in [0.5, 0.6) is 0 Å². The van der Waals surface area contributed by atoms with Crippen molar-refractivity contribution < 1.29 is 13.2 Å². The molecule has 9 heteroatoms. The van der Waals surface area contributed by atoms with Gasteiger partial charge >= 0.3 is 0 Å². The number of amides is 1. The number of rotatable bonds is 5. The number of aromatic nitrogens is 2. The number of carbonyl (C=O) groups excluding carboxylic acids is 1. The molecule has 1 saturated carbocycles. The topological polar surface area (TPSA) is 92.3 Å². The summed E-state index contributed by atoms with van der Waals surface area (Å²) in [6.45, 7) is 1.12. The Morgan fingerprint density at radius 2 is 1.80 bits per heavy atom. The minimum atomic E-state index is -3.46. The van der Waals surface area contributed by atoms with Gasteiger partial charge in [-0.15, -0.1) is 10.2 Å². The van der Waals surface area contributed by atoms with E-state index in [0.717, 1.165) is 30.7 Å². The summed E-state index contributed by atoms with van der Waals surface area (Å²) >= 11 is 1.39. The summed E-state index contributed by atoms with van der Waals surface area (Å²) in [5.41, 5.74) is 0.392. The van der Waals surface area contributed by atoms with Crippen LogP contribution in [0.4, 0.5) is 5.13 Å². The Bertz CT molecular complexity index is 882. The molecular weight excluding hydrogens is 360 g/mol. The second kappa shape index (κ2) is 6.47. The largest absolute Gasteiger partial charge is 0.296 e. The van der Waals surface area contributed by atoms with E-state index in [9.17, 15) is 13.2 Å². The second-order valence-corrected chi connectivity index (χ2v) is 9.26. The molecule has 2 fully saturated rings. The normalized spacial score (nSPS) is 18.4. The first-order valence-electron chi connectivity index (χ1n) is 8.29. The van der Waals surface area contributed by atoms with E-state index in [-0.39, 0.29) is 10.8 Å². The molecule has 1 amide bonds. The van der Waals surface area contributed by atoms with Gasteiger partial charge in [0.25, 0.3) is 5.91 Å². The van der Waals surface area contributed by atoms with Crippen LogP contribution in [0.3, 0.4) is 0 Å². The molecular formula is C16H18N4O3S2. The number of nitrogens with one attached hydrogen (secondary N) is 1. The zero-order chi connectivity index (χ0) is 17.4. The van der Waals surface area contributed by atoms with E-state index < -0.39 is 10.0 Å². The smallest absolute Gasteiger partial charge is 0.257 e. The predicted molar refractivity (Wildman–Crippen MR) is 94.3 cm³/mol. The molecule has 0 atom stereocenters. The first-order valence-corrected chi connectivity index (χ1v) is 10.5. The Morgan fingerprint density at radius 3 is 2.44 bits per heavy atom. The third-order valence-corrected chi connectivity index (χ3v) is 7.32. The number of benzene rings is 1. The minimum absolute atomic E-state index is 0.220. The van der Waals surface area contributed by atoms with E-state index in [1.165, 1.54) is 39.9 Å². The van der Waals surface area contributed by atoms with Crippen molar-refractivity contribution in [3.8, 4) is 0 Å². The van der Waals surface area contributed by atoms with Crippen molar-refractivity contribution >= 4 is 32.4 Å². The van der Waals surface area contributed by atoms with E-state index in [0.29, 0.717) is 29.7 Å². The molecule has 2 aromatic rings. The van der Waals surface area contributed by atoms with Crippen LogP contribution in [0.15, 0.2) is 29.2 Å². The second-order valence-electron chi connectivity index (χ2n) is 6.31. The predicted octanol–water partition coefficient (Wildman–Crippen LogP) is 2.45. The van der Waals surface area contributed by atoms with Crippen LogP contribution in [0.25, 0.3) is 0 Å². The van der Waals surface area contributed by atoms with Crippen LogP contribution < -0.4 is 5.32 Å². The average molecular weight is 378 g/mol. The highest BCUT2D eigenvalue weighted by atomic mass is 32.2. The van der Waals surface area contributed by atoms with Crippen LogP contribution in [-0.2, 0) is 10.0 Å². The standard InChI is InChI=1S/C16H18N4O3S2/c21-14(17-16-19-18-15(24-16)12-3-4-12)11-5-7-13(8-6-11)25(22,23)20-9-1-2-10-20/h5-8,12H,1-4,9-10H2,(H,17,19,21). The summed E-state index contributed by atoms with van der Waals surface area (Å²) in [5, 5.41) is 12.2. The van der Waals surface area contributed by atoms with Gasteiger partial charge in [-0.3, -0.25) is 10.1 Å². The number of carbonyl (C=O) groups is 1. The van der Waals surface area contributed by atoms with Crippen molar-refractivity contribution in [2.45, 2.75) is 36.5 Å². The Balaban J connectivity index is 1.46. The quantitative estimate of drug-likeness (QED) is 0.863. The Kier molecular flexibility index (Phi) is 4.30. The number of sulfonamides is 1. The molecule has 1 aromatic carbocycles. The highest BCUT2D eigenvalue weighted by Gasteiger charge is 2.28. The molecule has 0 radical (unpaired) electrons. The highest BCUT2D eigenvalue weighted by Crippen LogP contribution is 2.42. The van der Waals surface area contributed by atoms with Gasteiger partial charge in [0.1, 0.15) is 5.01 Å². The maximum absolute atomic E-state index is 12.5. The molecule has 0 spiro atoms. The van der Waals surface area contributed by atoms with Gasteiger partial charge in [-0.05, 0) is 49.9 Å². The van der Waals surface area contributed by atoms with Crippen molar-refractivity contribution in [3.63, 3.8) is 0 Å². The summed E-state index contributed by atoms with van der Waals surface area (Å²) < 4.78 is 26.5. The molecule has 0 bridgehead atoms. The molecule has 1 saturated heterocycles.